The molecule has 36 heavy (non-hydrogen) atoms. The van der Waals surface area contributed by atoms with Crippen molar-refractivity contribution < 1.29 is 19.1 Å². The third-order valence-corrected chi connectivity index (χ3v) is 6.35. The molecule has 4 rings (SSSR count). The van der Waals surface area contributed by atoms with E-state index in [1.807, 2.05) is 0 Å². The summed E-state index contributed by atoms with van der Waals surface area (Å²) >= 11 is 0. The van der Waals surface area contributed by atoms with Crippen LogP contribution in [0.3, 0.4) is 0 Å². The number of aromatic nitrogens is 4. The van der Waals surface area contributed by atoms with Crippen LogP contribution in [0.2, 0.25) is 0 Å². The van der Waals surface area contributed by atoms with Gasteiger partial charge in [0, 0.05) is 42.9 Å². The summed E-state index contributed by atoms with van der Waals surface area (Å²) in [6.07, 6.45) is 11.0. The molecule has 1 saturated carbocycles. The fourth-order valence-electron chi connectivity index (χ4n) is 4.63. The van der Waals surface area contributed by atoms with Crippen LogP contribution < -0.4 is 10.2 Å². The lowest BCUT2D eigenvalue weighted by atomic mass is 9.94. The Morgan fingerprint density at radius 1 is 1.17 bits per heavy atom. The Morgan fingerprint density at radius 2 is 1.94 bits per heavy atom. The van der Waals surface area contributed by atoms with Gasteiger partial charge < -0.3 is 10.1 Å². The smallest absolute Gasteiger partial charge is 0.337 e. The highest BCUT2D eigenvalue weighted by molar-refractivity contribution is 6.09. The maximum absolute atomic E-state index is 13.9. The number of hydrogen-bond acceptors (Lipinski definition) is 7. The van der Waals surface area contributed by atoms with Gasteiger partial charge in [0.15, 0.2) is 0 Å². The summed E-state index contributed by atoms with van der Waals surface area (Å²) in [7, 11) is 3.05. The zero-order valence-electron chi connectivity index (χ0n) is 20.7. The SMILES string of the molecule is COC(=O)c1cccc(N(C(=O)c2cnccn2)[C@@H](C(=O)NC2CCCCC2)c2cn(C)nc2C)c1. The zero-order chi connectivity index (χ0) is 25.7. The molecule has 2 heterocycles. The van der Waals surface area contributed by atoms with E-state index in [0.717, 1.165) is 32.1 Å². The van der Waals surface area contributed by atoms with E-state index >= 15 is 0 Å². The monoisotopic (exact) mass is 490 g/mol. The highest BCUT2D eigenvalue weighted by atomic mass is 16.5. The highest BCUT2D eigenvalue weighted by Gasteiger charge is 2.37. The maximum Gasteiger partial charge on any atom is 0.337 e. The first kappa shape index (κ1) is 25.0. The Balaban J connectivity index is 1.85. The van der Waals surface area contributed by atoms with Crippen molar-refractivity contribution in [3.63, 3.8) is 0 Å². The molecule has 1 aromatic carbocycles. The number of ether oxygens (including phenoxy) is 1. The Morgan fingerprint density at radius 3 is 2.58 bits per heavy atom. The minimum atomic E-state index is -1.05. The molecular formula is C26H30N6O4. The maximum atomic E-state index is 13.9. The number of rotatable bonds is 7. The van der Waals surface area contributed by atoms with E-state index in [-0.39, 0.29) is 23.2 Å². The van der Waals surface area contributed by atoms with Crippen LogP contribution in [-0.4, -0.2) is 50.7 Å². The largest absolute Gasteiger partial charge is 0.465 e. The number of anilines is 1. The number of hydrogen-bond donors (Lipinski definition) is 1. The Kier molecular flexibility index (Phi) is 7.72. The van der Waals surface area contributed by atoms with Gasteiger partial charge in [-0.1, -0.05) is 25.3 Å². The number of benzene rings is 1. The Bertz CT molecular complexity index is 1240. The Hall–Kier alpha value is -4.08. The molecule has 3 aromatic rings. The summed E-state index contributed by atoms with van der Waals surface area (Å²) in [4.78, 5) is 49.7. The first-order chi connectivity index (χ1) is 17.4. The van der Waals surface area contributed by atoms with Crippen LogP contribution in [0.15, 0.2) is 49.1 Å². The van der Waals surface area contributed by atoms with Crippen LogP contribution in [-0.2, 0) is 16.6 Å². The van der Waals surface area contributed by atoms with Gasteiger partial charge in [0.25, 0.3) is 5.91 Å². The minimum absolute atomic E-state index is 0.0283. The second-order valence-electron chi connectivity index (χ2n) is 8.90. The zero-order valence-corrected chi connectivity index (χ0v) is 20.7. The number of carbonyl (C=O) groups excluding carboxylic acids is 3. The fraction of sp³-hybridized carbons (Fsp3) is 0.385. The number of amides is 2. The molecule has 1 aliphatic rings. The van der Waals surface area contributed by atoms with Crippen molar-refractivity contribution in [3.05, 3.63) is 71.6 Å². The van der Waals surface area contributed by atoms with E-state index in [9.17, 15) is 14.4 Å². The third kappa shape index (κ3) is 5.42. The highest BCUT2D eigenvalue weighted by Crippen LogP contribution is 2.32. The molecule has 10 nitrogen and oxygen atoms in total. The second-order valence-corrected chi connectivity index (χ2v) is 8.90. The first-order valence-electron chi connectivity index (χ1n) is 12.0. The van der Waals surface area contributed by atoms with Crippen LogP contribution in [0.5, 0.6) is 0 Å². The molecule has 0 aliphatic heterocycles. The van der Waals surface area contributed by atoms with E-state index in [0.29, 0.717) is 16.9 Å². The van der Waals surface area contributed by atoms with Crippen molar-refractivity contribution in [1.82, 2.24) is 25.1 Å². The first-order valence-corrected chi connectivity index (χ1v) is 12.0. The van der Waals surface area contributed by atoms with Crippen LogP contribution in [0.4, 0.5) is 5.69 Å². The van der Waals surface area contributed by atoms with Crippen molar-refractivity contribution in [2.45, 2.75) is 51.1 Å². The van der Waals surface area contributed by atoms with E-state index in [1.165, 1.54) is 36.7 Å². The van der Waals surface area contributed by atoms with Gasteiger partial charge in [-0.15, -0.1) is 0 Å². The topological polar surface area (TPSA) is 119 Å². The summed E-state index contributed by atoms with van der Waals surface area (Å²) in [5.74, 6) is -1.40. The van der Waals surface area contributed by atoms with Crippen LogP contribution >= 0.6 is 0 Å². The lowest BCUT2D eigenvalue weighted by molar-refractivity contribution is -0.123. The van der Waals surface area contributed by atoms with Gasteiger partial charge in [-0.05, 0) is 38.0 Å². The van der Waals surface area contributed by atoms with Crippen molar-refractivity contribution in [2.24, 2.45) is 7.05 Å². The van der Waals surface area contributed by atoms with Gasteiger partial charge in [-0.25, -0.2) is 9.78 Å². The van der Waals surface area contributed by atoms with E-state index in [4.69, 9.17) is 4.74 Å². The van der Waals surface area contributed by atoms with Gasteiger partial charge in [0.1, 0.15) is 11.7 Å². The van der Waals surface area contributed by atoms with Crippen molar-refractivity contribution >= 4 is 23.5 Å². The van der Waals surface area contributed by atoms with Gasteiger partial charge in [0.05, 0.1) is 24.6 Å². The standard InChI is InChI=1S/C26H30N6O4/c1-17-21(16-31(2)30-17)23(24(33)29-19-9-5-4-6-10-19)32(25(34)22-15-27-12-13-28-22)20-11-7-8-18(14-20)26(35)36-3/h7-8,11-16,19,23H,4-6,9-10H2,1-3H3,(H,29,33)/t23-/m1/s1. The van der Waals surface area contributed by atoms with Crippen molar-refractivity contribution in [3.8, 4) is 0 Å². The summed E-state index contributed by atoms with van der Waals surface area (Å²) in [5.41, 5.74) is 1.86. The average molecular weight is 491 g/mol. The fourth-order valence-corrected chi connectivity index (χ4v) is 4.63. The number of nitrogens with zero attached hydrogens (tertiary/aromatic N) is 5. The number of nitrogens with one attached hydrogen (secondary N) is 1. The lowest BCUT2D eigenvalue weighted by Crippen LogP contribution is -2.47. The van der Waals surface area contributed by atoms with Gasteiger partial charge in [0.2, 0.25) is 5.91 Å². The quantitative estimate of drug-likeness (QED) is 0.505. The molecule has 1 fully saturated rings. The third-order valence-electron chi connectivity index (χ3n) is 6.35. The lowest BCUT2D eigenvalue weighted by Gasteiger charge is -2.33. The molecule has 2 aromatic heterocycles. The molecule has 10 heteroatoms. The van der Waals surface area contributed by atoms with Crippen LogP contribution in [0.25, 0.3) is 0 Å². The van der Waals surface area contributed by atoms with Crippen molar-refractivity contribution in [1.29, 1.82) is 0 Å². The van der Waals surface area contributed by atoms with Gasteiger partial charge in [-0.2, -0.15) is 5.10 Å². The van der Waals surface area contributed by atoms with Crippen molar-refractivity contribution in [2.75, 3.05) is 12.0 Å². The number of aryl methyl sites for hydroxylation is 2. The van der Waals surface area contributed by atoms with Crippen LogP contribution in [0.1, 0.15) is 70.2 Å². The van der Waals surface area contributed by atoms with Gasteiger partial charge >= 0.3 is 5.97 Å². The predicted molar refractivity (Wildman–Crippen MR) is 132 cm³/mol. The average Bonchev–Trinajstić information content (AvgIpc) is 3.24. The second kappa shape index (κ2) is 11.1. The molecule has 1 aliphatic carbocycles. The van der Waals surface area contributed by atoms with Crippen LogP contribution in [0, 0.1) is 6.92 Å². The summed E-state index contributed by atoms with van der Waals surface area (Å²) in [5, 5.41) is 7.59. The van der Waals surface area contributed by atoms with E-state index in [1.54, 1.807) is 43.0 Å². The summed E-state index contributed by atoms with van der Waals surface area (Å²) < 4.78 is 6.49. The molecule has 1 atom stereocenters. The molecule has 0 unspecified atom stereocenters. The molecule has 0 bridgehead atoms. The molecule has 0 spiro atoms. The molecule has 0 radical (unpaired) electrons. The molecular weight excluding hydrogens is 460 g/mol. The minimum Gasteiger partial charge on any atom is -0.465 e. The number of methoxy groups -OCH3 is 1. The normalized spacial score (nSPS) is 14.6. The predicted octanol–water partition coefficient (Wildman–Crippen LogP) is 3.14. The van der Waals surface area contributed by atoms with E-state index in [2.05, 4.69) is 20.4 Å². The van der Waals surface area contributed by atoms with E-state index < -0.39 is 17.9 Å². The molecule has 1 N–H and O–H groups in total. The Labute approximate surface area is 209 Å². The number of carbonyl (C=O) groups is 3. The summed E-state index contributed by atoms with van der Waals surface area (Å²) in [6.45, 7) is 1.80. The summed E-state index contributed by atoms with van der Waals surface area (Å²) in [6, 6.07) is 5.42. The molecule has 188 valence electrons. The van der Waals surface area contributed by atoms with Gasteiger partial charge in [-0.3, -0.25) is 24.2 Å². The number of esters is 1. The molecule has 0 saturated heterocycles. The molecule has 2 amide bonds.